The van der Waals surface area contributed by atoms with E-state index in [-0.39, 0.29) is 33.9 Å². The van der Waals surface area contributed by atoms with Crippen LogP contribution in [0.3, 0.4) is 0 Å². The number of rotatable bonds is 5. The highest BCUT2D eigenvalue weighted by molar-refractivity contribution is 7.89. The Morgan fingerprint density at radius 3 is 2.87 bits per heavy atom. The third kappa shape index (κ3) is 4.21. The molecule has 4 rings (SSSR count). The summed E-state index contributed by atoms with van der Waals surface area (Å²) < 4.78 is 38.4. The fourth-order valence-corrected chi connectivity index (χ4v) is 5.62. The van der Waals surface area contributed by atoms with Crippen LogP contribution in [0.1, 0.15) is 36.0 Å². The molecule has 1 aromatic heterocycles. The first-order valence-electron chi connectivity index (χ1n) is 9.66. The number of halogens is 1. The van der Waals surface area contributed by atoms with Crippen LogP contribution in [0.25, 0.3) is 11.1 Å². The number of hydrogen-bond acceptors (Lipinski definition) is 6. The second-order valence-electron chi connectivity index (χ2n) is 7.41. The maximum atomic E-state index is 13.1. The Bertz CT molecular complexity index is 1160. The average molecular weight is 449 g/mol. The molecule has 9 heteroatoms. The van der Waals surface area contributed by atoms with Crippen molar-refractivity contribution < 1.29 is 22.4 Å². The number of benzene rings is 2. The Balaban J connectivity index is 1.52. The third-order valence-electron chi connectivity index (χ3n) is 5.07. The van der Waals surface area contributed by atoms with Gasteiger partial charge in [-0.15, -0.1) is 0 Å². The fourth-order valence-electron chi connectivity index (χ4n) is 3.52. The molecule has 1 atom stereocenters. The van der Waals surface area contributed by atoms with Gasteiger partial charge in [-0.1, -0.05) is 30.7 Å². The van der Waals surface area contributed by atoms with E-state index in [0.717, 1.165) is 12.8 Å². The van der Waals surface area contributed by atoms with Crippen LogP contribution >= 0.6 is 11.6 Å². The Hall–Kier alpha value is -2.42. The molecule has 1 aliphatic heterocycles. The number of esters is 1. The zero-order valence-electron chi connectivity index (χ0n) is 16.4. The summed E-state index contributed by atoms with van der Waals surface area (Å²) in [7, 11) is -3.80. The SMILES string of the molecule is C[C@@H]1CCCN(S(=O)(=O)c2cc(C(=O)OCc3nc4ccccc4o3)ccc2Cl)C1. The van der Waals surface area contributed by atoms with Gasteiger partial charge in [-0.25, -0.2) is 18.2 Å². The van der Waals surface area contributed by atoms with E-state index in [1.165, 1.54) is 22.5 Å². The van der Waals surface area contributed by atoms with Gasteiger partial charge in [0.15, 0.2) is 12.2 Å². The lowest BCUT2D eigenvalue weighted by Gasteiger charge is -2.30. The number of oxazole rings is 1. The van der Waals surface area contributed by atoms with Crippen molar-refractivity contribution in [3.05, 3.63) is 58.9 Å². The normalized spacial score (nSPS) is 17.9. The summed E-state index contributed by atoms with van der Waals surface area (Å²) in [6.07, 6.45) is 1.78. The molecule has 0 unspecified atom stereocenters. The van der Waals surface area contributed by atoms with Crippen LogP contribution in [-0.4, -0.2) is 36.8 Å². The molecule has 3 aromatic rings. The van der Waals surface area contributed by atoms with E-state index in [9.17, 15) is 13.2 Å². The molecule has 0 radical (unpaired) electrons. The van der Waals surface area contributed by atoms with Gasteiger partial charge in [-0.2, -0.15) is 4.31 Å². The lowest BCUT2D eigenvalue weighted by Crippen LogP contribution is -2.39. The van der Waals surface area contributed by atoms with Crippen LogP contribution in [0.15, 0.2) is 51.8 Å². The van der Waals surface area contributed by atoms with Crippen LogP contribution < -0.4 is 0 Å². The van der Waals surface area contributed by atoms with E-state index in [1.807, 2.05) is 19.1 Å². The highest BCUT2D eigenvalue weighted by atomic mass is 35.5. The highest BCUT2D eigenvalue weighted by Crippen LogP contribution is 2.29. The molecular formula is C21H21ClN2O5S. The largest absolute Gasteiger partial charge is 0.452 e. The van der Waals surface area contributed by atoms with E-state index in [4.69, 9.17) is 20.8 Å². The van der Waals surface area contributed by atoms with Gasteiger partial charge in [-0.05, 0) is 49.1 Å². The van der Waals surface area contributed by atoms with Gasteiger partial charge < -0.3 is 9.15 Å². The van der Waals surface area contributed by atoms with Crippen LogP contribution in [-0.2, 0) is 21.4 Å². The van der Waals surface area contributed by atoms with Crippen LogP contribution in [0.4, 0.5) is 0 Å². The first kappa shape index (κ1) is 20.8. The minimum Gasteiger partial charge on any atom is -0.452 e. The third-order valence-corrected chi connectivity index (χ3v) is 7.42. The van der Waals surface area contributed by atoms with Gasteiger partial charge >= 0.3 is 5.97 Å². The number of fused-ring (bicyclic) bond motifs is 1. The van der Waals surface area contributed by atoms with E-state index >= 15 is 0 Å². The standard InChI is InChI=1S/C21H21ClN2O5S/c1-14-5-4-10-24(12-14)30(26,27)19-11-15(8-9-16(19)22)21(25)28-13-20-23-17-6-2-3-7-18(17)29-20/h2-3,6-9,11,14H,4-5,10,12-13H2,1H3/t14-/m1/s1. The molecule has 1 saturated heterocycles. The van der Waals surface area contributed by atoms with Crippen molar-refractivity contribution in [2.24, 2.45) is 5.92 Å². The second-order valence-corrected chi connectivity index (χ2v) is 9.72. The van der Waals surface area contributed by atoms with Crippen molar-refractivity contribution >= 4 is 38.7 Å². The molecule has 30 heavy (non-hydrogen) atoms. The molecule has 1 aliphatic rings. The van der Waals surface area contributed by atoms with Crippen LogP contribution in [0, 0.1) is 5.92 Å². The number of para-hydroxylation sites is 2. The smallest absolute Gasteiger partial charge is 0.338 e. The number of nitrogens with zero attached hydrogens (tertiary/aromatic N) is 2. The van der Waals surface area contributed by atoms with Crippen molar-refractivity contribution in [1.82, 2.24) is 9.29 Å². The Morgan fingerprint density at radius 1 is 1.30 bits per heavy atom. The lowest BCUT2D eigenvalue weighted by atomic mass is 10.0. The number of piperidine rings is 1. The maximum absolute atomic E-state index is 13.1. The van der Waals surface area contributed by atoms with Gasteiger partial charge in [0.1, 0.15) is 10.4 Å². The van der Waals surface area contributed by atoms with Crippen LogP contribution in [0.2, 0.25) is 5.02 Å². The van der Waals surface area contributed by atoms with Gasteiger partial charge in [0.2, 0.25) is 15.9 Å². The van der Waals surface area contributed by atoms with Crippen molar-refractivity contribution in [1.29, 1.82) is 0 Å². The first-order valence-corrected chi connectivity index (χ1v) is 11.5. The maximum Gasteiger partial charge on any atom is 0.338 e. The lowest BCUT2D eigenvalue weighted by molar-refractivity contribution is 0.0440. The molecule has 2 heterocycles. The molecular weight excluding hydrogens is 428 g/mol. The molecule has 2 aromatic carbocycles. The highest BCUT2D eigenvalue weighted by Gasteiger charge is 2.31. The molecule has 7 nitrogen and oxygen atoms in total. The Kier molecular flexibility index (Phi) is 5.81. The zero-order chi connectivity index (χ0) is 21.3. The van der Waals surface area contributed by atoms with Gasteiger partial charge in [0.05, 0.1) is 10.6 Å². The summed E-state index contributed by atoms with van der Waals surface area (Å²) in [5.74, 6) is -0.150. The van der Waals surface area contributed by atoms with Crippen molar-refractivity contribution in [3.63, 3.8) is 0 Å². The molecule has 0 saturated carbocycles. The fraction of sp³-hybridized carbons (Fsp3) is 0.333. The average Bonchev–Trinajstić information content (AvgIpc) is 3.15. The number of carbonyl (C=O) groups is 1. The molecule has 0 bridgehead atoms. The summed E-state index contributed by atoms with van der Waals surface area (Å²) in [6.45, 7) is 2.73. The quantitative estimate of drug-likeness (QED) is 0.542. The minimum absolute atomic E-state index is 0.0729. The van der Waals surface area contributed by atoms with Crippen LogP contribution in [0.5, 0.6) is 0 Å². The molecule has 158 valence electrons. The number of aromatic nitrogens is 1. The number of sulfonamides is 1. The summed E-state index contributed by atoms with van der Waals surface area (Å²) in [5, 5.41) is 0.0729. The second kappa shape index (κ2) is 8.37. The molecule has 0 spiro atoms. The first-order chi connectivity index (χ1) is 14.3. The molecule has 0 aliphatic carbocycles. The Labute approximate surface area is 179 Å². The monoisotopic (exact) mass is 448 g/mol. The van der Waals surface area contributed by atoms with Crippen molar-refractivity contribution in [2.75, 3.05) is 13.1 Å². The van der Waals surface area contributed by atoms with Gasteiger partial charge in [-0.3, -0.25) is 0 Å². The molecule has 1 fully saturated rings. The van der Waals surface area contributed by atoms with Crippen molar-refractivity contribution in [3.8, 4) is 0 Å². The summed E-state index contributed by atoms with van der Waals surface area (Å²) in [6, 6.07) is 11.3. The summed E-state index contributed by atoms with van der Waals surface area (Å²) in [4.78, 5) is 16.7. The Morgan fingerprint density at radius 2 is 2.10 bits per heavy atom. The van der Waals surface area contributed by atoms with Crippen molar-refractivity contribution in [2.45, 2.75) is 31.3 Å². The van der Waals surface area contributed by atoms with Gasteiger partial charge in [0, 0.05) is 13.1 Å². The predicted octanol–water partition coefficient (Wildman–Crippen LogP) is 4.26. The number of ether oxygens (including phenoxy) is 1. The summed E-state index contributed by atoms with van der Waals surface area (Å²) in [5.41, 5.74) is 1.36. The van der Waals surface area contributed by atoms with E-state index in [0.29, 0.717) is 24.2 Å². The van der Waals surface area contributed by atoms with E-state index in [2.05, 4.69) is 4.98 Å². The predicted molar refractivity (Wildman–Crippen MR) is 112 cm³/mol. The molecule has 0 N–H and O–H groups in total. The number of carbonyl (C=O) groups excluding carboxylic acids is 1. The van der Waals surface area contributed by atoms with E-state index in [1.54, 1.807) is 12.1 Å². The number of hydrogen-bond donors (Lipinski definition) is 0. The zero-order valence-corrected chi connectivity index (χ0v) is 17.9. The molecule has 0 amide bonds. The van der Waals surface area contributed by atoms with Gasteiger partial charge in [0.25, 0.3) is 0 Å². The summed E-state index contributed by atoms with van der Waals surface area (Å²) >= 11 is 6.18. The van der Waals surface area contributed by atoms with E-state index < -0.39 is 16.0 Å². The minimum atomic E-state index is -3.80. The topological polar surface area (TPSA) is 89.7 Å².